The molecule has 2 rings (SSSR count). The Morgan fingerprint density at radius 1 is 1.56 bits per heavy atom. The minimum Gasteiger partial charge on any atom is -0.377 e. The number of nitrogens with zero attached hydrogens (tertiary/aromatic N) is 3. The molecule has 7 nitrogen and oxygen atoms in total. The zero-order valence-electron chi connectivity index (χ0n) is 9.38. The Labute approximate surface area is 110 Å². The Kier molecular flexibility index (Phi) is 3.56. The molecule has 2 aromatic rings. The quantitative estimate of drug-likeness (QED) is 0.689. The van der Waals surface area contributed by atoms with Crippen LogP contribution in [-0.2, 0) is 6.54 Å². The minimum absolute atomic E-state index is 0.0304. The van der Waals surface area contributed by atoms with Gasteiger partial charge in [0.05, 0.1) is 11.5 Å². The number of anilines is 1. The molecule has 1 aromatic carbocycles. The Hall–Kier alpha value is -1.96. The molecule has 1 aromatic heterocycles. The predicted octanol–water partition coefficient (Wildman–Crippen LogP) is 2.66. The van der Waals surface area contributed by atoms with E-state index in [1.54, 1.807) is 13.0 Å². The van der Waals surface area contributed by atoms with E-state index in [9.17, 15) is 10.1 Å². The lowest BCUT2D eigenvalue weighted by Crippen LogP contribution is -2.02. The van der Waals surface area contributed by atoms with Gasteiger partial charge < -0.3 is 9.84 Å². The summed E-state index contributed by atoms with van der Waals surface area (Å²) < 4.78 is 5.44. The first-order valence-corrected chi connectivity index (χ1v) is 5.82. The van der Waals surface area contributed by atoms with Gasteiger partial charge in [-0.2, -0.15) is 4.98 Å². The highest BCUT2D eigenvalue weighted by molar-refractivity contribution is 9.10. The van der Waals surface area contributed by atoms with Crippen molar-refractivity contribution in [3.8, 4) is 0 Å². The van der Waals surface area contributed by atoms with Gasteiger partial charge in [0, 0.05) is 29.2 Å². The first-order chi connectivity index (χ1) is 8.56. The van der Waals surface area contributed by atoms with Crippen LogP contribution in [0, 0.1) is 17.0 Å². The van der Waals surface area contributed by atoms with E-state index in [4.69, 9.17) is 4.52 Å². The number of nitro groups is 1. The van der Waals surface area contributed by atoms with Crippen LogP contribution in [0.4, 0.5) is 11.4 Å². The van der Waals surface area contributed by atoms with E-state index in [0.29, 0.717) is 22.7 Å². The molecule has 0 aliphatic carbocycles. The zero-order chi connectivity index (χ0) is 13.1. The molecule has 0 aliphatic heterocycles. The molecule has 18 heavy (non-hydrogen) atoms. The number of hydrogen-bond donors (Lipinski definition) is 1. The maximum Gasteiger partial charge on any atom is 0.270 e. The third-order valence-corrected chi connectivity index (χ3v) is 2.83. The van der Waals surface area contributed by atoms with Crippen molar-refractivity contribution in [1.29, 1.82) is 0 Å². The first kappa shape index (κ1) is 12.5. The Balaban J connectivity index is 2.08. The van der Waals surface area contributed by atoms with Crippen LogP contribution >= 0.6 is 15.9 Å². The van der Waals surface area contributed by atoms with Crippen molar-refractivity contribution in [2.45, 2.75) is 13.5 Å². The first-order valence-electron chi connectivity index (χ1n) is 5.03. The standard InChI is InChI=1S/C10H9BrN4O3/c1-6-13-10(14-18-6)5-12-9-3-2-7(15(16)17)4-8(9)11/h2-4,12H,5H2,1H3. The molecule has 0 saturated carbocycles. The lowest BCUT2D eigenvalue weighted by molar-refractivity contribution is -0.384. The summed E-state index contributed by atoms with van der Waals surface area (Å²) in [5.74, 6) is 1.02. The summed E-state index contributed by atoms with van der Waals surface area (Å²) >= 11 is 3.26. The van der Waals surface area contributed by atoms with E-state index >= 15 is 0 Å². The van der Waals surface area contributed by atoms with Gasteiger partial charge in [-0.25, -0.2) is 0 Å². The topological polar surface area (TPSA) is 94.1 Å². The SMILES string of the molecule is Cc1nc(CNc2ccc([N+](=O)[O-])cc2Br)no1. The monoisotopic (exact) mass is 312 g/mol. The van der Waals surface area contributed by atoms with Crippen molar-refractivity contribution < 1.29 is 9.45 Å². The number of aromatic nitrogens is 2. The lowest BCUT2D eigenvalue weighted by Gasteiger charge is -2.05. The molecule has 0 aliphatic rings. The average Bonchev–Trinajstić information content (AvgIpc) is 2.73. The molecule has 0 amide bonds. The maximum atomic E-state index is 10.6. The number of aryl methyl sites for hydroxylation is 1. The molecule has 0 atom stereocenters. The van der Waals surface area contributed by atoms with E-state index in [2.05, 4.69) is 31.4 Å². The van der Waals surface area contributed by atoms with Gasteiger partial charge in [0.25, 0.3) is 5.69 Å². The second-order valence-electron chi connectivity index (χ2n) is 3.50. The van der Waals surface area contributed by atoms with Crippen molar-refractivity contribution in [2.75, 3.05) is 5.32 Å². The summed E-state index contributed by atoms with van der Waals surface area (Å²) in [5.41, 5.74) is 0.755. The smallest absolute Gasteiger partial charge is 0.270 e. The van der Waals surface area contributed by atoms with E-state index in [0.717, 1.165) is 5.69 Å². The molecule has 0 saturated heterocycles. The number of hydrogen-bond acceptors (Lipinski definition) is 6. The fourth-order valence-corrected chi connectivity index (χ4v) is 1.86. The van der Waals surface area contributed by atoms with Crippen LogP contribution in [0.15, 0.2) is 27.2 Å². The van der Waals surface area contributed by atoms with E-state index < -0.39 is 4.92 Å². The second kappa shape index (κ2) is 5.13. The second-order valence-corrected chi connectivity index (χ2v) is 4.36. The molecule has 0 unspecified atom stereocenters. The summed E-state index contributed by atoms with van der Waals surface area (Å²) in [6.45, 7) is 2.09. The van der Waals surface area contributed by atoms with Crippen LogP contribution in [0.5, 0.6) is 0 Å². The predicted molar refractivity (Wildman–Crippen MR) is 67.2 cm³/mol. The van der Waals surface area contributed by atoms with Crippen molar-refractivity contribution in [1.82, 2.24) is 10.1 Å². The van der Waals surface area contributed by atoms with Crippen LogP contribution in [0.1, 0.15) is 11.7 Å². The number of benzene rings is 1. The lowest BCUT2D eigenvalue weighted by atomic mass is 10.3. The highest BCUT2D eigenvalue weighted by Crippen LogP contribution is 2.27. The van der Waals surface area contributed by atoms with Gasteiger partial charge in [0.15, 0.2) is 5.82 Å². The molecule has 8 heteroatoms. The van der Waals surface area contributed by atoms with Crippen LogP contribution in [0.2, 0.25) is 0 Å². The average molecular weight is 313 g/mol. The van der Waals surface area contributed by atoms with Gasteiger partial charge in [0.2, 0.25) is 5.89 Å². The van der Waals surface area contributed by atoms with Crippen LogP contribution in [-0.4, -0.2) is 15.1 Å². The molecular formula is C10H9BrN4O3. The summed E-state index contributed by atoms with van der Waals surface area (Å²) in [6.07, 6.45) is 0. The van der Waals surface area contributed by atoms with Gasteiger partial charge in [-0.1, -0.05) is 5.16 Å². The molecular weight excluding hydrogens is 304 g/mol. The van der Waals surface area contributed by atoms with Crippen molar-refractivity contribution >= 4 is 27.3 Å². The number of nitro benzene ring substituents is 1. The fraction of sp³-hybridized carbons (Fsp3) is 0.200. The highest BCUT2D eigenvalue weighted by Gasteiger charge is 2.09. The number of nitrogens with one attached hydrogen (secondary N) is 1. The summed E-state index contributed by atoms with van der Waals surface area (Å²) in [6, 6.07) is 4.48. The van der Waals surface area contributed by atoms with Crippen LogP contribution in [0.25, 0.3) is 0 Å². The van der Waals surface area contributed by atoms with E-state index in [1.165, 1.54) is 12.1 Å². The summed E-state index contributed by atoms with van der Waals surface area (Å²) in [7, 11) is 0. The minimum atomic E-state index is -0.447. The van der Waals surface area contributed by atoms with Crippen molar-refractivity contribution in [3.05, 3.63) is 44.5 Å². The Bertz CT molecular complexity index is 584. The van der Waals surface area contributed by atoms with Gasteiger partial charge in [-0.3, -0.25) is 10.1 Å². The third-order valence-electron chi connectivity index (χ3n) is 2.17. The summed E-state index contributed by atoms with van der Waals surface area (Å²) in [5, 5.41) is 17.4. The molecule has 0 bridgehead atoms. The molecule has 0 radical (unpaired) electrons. The van der Waals surface area contributed by atoms with Gasteiger partial charge in [-0.05, 0) is 22.0 Å². The number of rotatable bonds is 4. The number of halogens is 1. The highest BCUT2D eigenvalue weighted by atomic mass is 79.9. The zero-order valence-corrected chi connectivity index (χ0v) is 11.0. The van der Waals surface area contributed by atoms with E-state index in [-0.39, 0.29) is 5.69 Å². The largest absolute Gasteiger partial charge is 0.377 e. The van der Waals surface area contributed by atoms with Gasteiger partial charge >= 0.3 is 0 Å². The van der Waals surface area contributed by atoms with E-state index in [1.807, 2.05) is 0 Å². The third kappa shape index (κ3) is 2.83. The molecule has 94 valence electrons. The summed E-state index contributed by atoms with van der Waals surface area (Å²) in [4.78, 5) is 14.2. The fourth-order valence-electron chi connectivity index (χ4n) is 1.35. The number of non-ortho nitro benzene ring substituents is 1. The van der Waals surface area contributed by atoms with Crippen LogP contribution in [0.3, 0.4) is 0 Å². The van der Waals surface area contributed by atoms with Crippen molar-refractivity contribution in [3.63, 3.8) is 0 Å². The van der Waals surface area contributed by atoms with Gasteiger partial charge in [-0.15, -0.1) is 0 Å². The van der Waals surface area contributed by atoms with Crippen molar-refractivity contribution in [2.24, 2.45) is 0 Å². The van der Waals surface area contributed by atoms with Gasteiger partial charge in [0.1, 0.15) is 0 Å². The molecule has 0 spiro atoms. The normalized spacial score (nSPS) is 10.3. The Morgan fingerprint density at radius 3 is 2.89 bits per heavy atom. The Morgan fingerprint density at radius 2 is 2.33 bits per heavy atom. The maximum absolute atomic E-state index is 10.6. The molecule has 1 heterocycles. The molecule has 0 fully saturated rings. The van der Waals surface area contributed by atoms with Crippen LogP contribution < -0.4 is 5.32 Å². The molecule has 1 N–H and O–H groups in total.